The number of carbonyl (C=O) groups is 1. The Labute approximate surface area is 132 Å². The van der Waals surface area contributed by atoms with Crippen LogP contribution in [0.5, 0.6) is 5.75 Å². The van der Waals surface area contributed by atoms with E-state index in [4.69, 9.17) is 22.7 Å². The molecule has 0 aliphatic rings. The highest BCUT2D eigenvalue weighted by Gasteiger charge is 2.15. The van der Waals surface area contributed by atoms with Crippen molar-refractivity contribution in [1.29, 1.82) is 0 Å². The Morgan fingerprint density at radius 1 is 1.33 bits per heavy atom. The summed E-state index contributed by atoms with van der Waals surface area (Å²) in [5.41, 5.74) is 6.51. The van der Waals surface area contributed by atoms with E-state index in [0.29, 0.717) is 30.3 Å². The Balaban J connectivity index is 2.67. The maximum Gasteiger partial charge on any atom is 0.227 e. The van der Waals surface area contributed by atoms with Crippen LogP contribution in [-0.4, -0.2) is 36.0 Å². The molecular weight excluding hydrogens is 284 g/mol. The molecule has 0 heterocycles. The number of hydrogen-bond donors (Lipinski definition) is 1. The van der Waals surface area contributed by atoms with Crippen LogP contribution in [0.1, 0.15) is 25.8 Å². The van der Waals surface area contributed by atoms with Crippen LogP contribution in [0.2, 0.25) is 0 Å². The third-order valence-electron chi connectivity index (χ3n) is 3.08. The van der Waals surface area contributed by atoms with Gasteiger partial charge in [0.15, 0.2) is 0 Å². The highest BCUT2D eigenvalue weighted by molar-refractivity contribution is 7.80. The van der Waals surface area contributed by atoms with Crippen LogP contribution in [0, 0.1) is 5.92 Å². The number of amides is 1. The van der Waals surface area contributed by atoms with Gasteiger partial charge in [-0.15, -0.1) is 0 Å². The smallest absolute Gasteiger partial charge is 0.227 e. The van der Waals surface area contributed by atoms with Crippen molar-refractivity contribution in [3.8, 4) is 5.75 Å². The van der Waals surface area contributed by atoms with Crippen molar-refractivity contribution in [3.63, 3.8) is 0 Å². The lowest BCUT2D eigenvalue weighted by atomic mass is 10.1. The fourth-order valence-corrected chi connectivity index (χ4v) is 2.12. The molecule has 0 unspecified atom stereocenters. The molecule has 0 spiro atoms. The number of rotatable bonds is 8. The Morgan fingerprint density at radius 3 is 2.43 bits per heavy atom. The van der Waals surface area contributed by atoms with Crippen LogP contribution in [0.4, 0.5) is 0 Å². The van der Waals surface area contributed by atoms with Gasteiger partial charge in [0.1, 0.15) is 5.75 Å². The Kier molecular flexibility index (Phi) is 7.15. The summed E-state index contributed by atoms with van der Waals surface area (Å²) in [5.74, 6) is 1.31. The average Bonchev–Trinajstić information content (AvgIpc) is 2.43. The quantitative estimate of drug-likeness (QED) is 0.749. The van der Waals surface area contributed by atoms with Crippen molar-refractivity contribution in [3.05, 3.63) is 29.8 Å². The van der Waals surface area contributed by atoms with Gasteiger partial charge in [-0.25, -0.2) is 0 Å². The van der Waals surface area contributed by atoms with Crippen molar-refractivity contribution in [2.75, 3.05) is 20.2 Å². The summed E-state index contributed by atoms with van der Waals surface area (Å²) in [6.45, 7) is 5.49. The molecule has 0 aliphatic carbocycles. The molecule has 1 aromatic carbocycles. The SMILES string of the molecule is COc1ccc(CC(=O)N(CCC(N)=S)CC(C)C)cc1. The van der Waals surface area contributed by atoms with E-state index >= 15 is 0 Å². The first-order valence-corrected chi connectivity index (χ1v) is 7.52. The summed E-state index contributed by atoms with van der Waals surface area (Å²) >= 11 is 4.90. The summed E-state index contributed by atoms with van der Waals surface area (Å²) < 4.78 is 5.12. The molecule has 0 aromatic heterocycles. The highest BCUT2D eigenvalue weighted by Crippen LogP contribution is 2.13. The molecule has 0 saturated heterocycles. The van der Waals surface area contributed by atoms with E-state index in [0.717, 1.165) is 17.9 Å². The van der Waals surface area contributed by atoms with Gasteiger partial charge in [-0.1, -0.05) is 38.2 Å². The predicted molar refractivity (Wildman–Crippen MR) is 89.5 cm³/mol. The third kappa shape index (κ3) is 6.58. The maximum absolute atomic E-state index is 12.4. The van der Waals surface area contributed by atoms with Gasteiger partial charge in [0, 0.05) is 19.5 Å². The molecule has 4 nitrogen and oxygen atoms in total. The van der Waals surface area contributed by atoms with Crippen LogP contribution in [0.15, 0.2) is 24.3 Å². The molecule has 0 aliphatic heterocycles. The van der Waals surface area contributed by atoms with Crippen LogP contribution in [-0.2, 0) is 11.2 Å². The van der Waals surface area contributed by atoms with E-state index in [-0.39, 0.29) is 5.91 Å². The van der Waals surface area contributed by atoms with Crippen molar-refractivity contribution in [1.82, 2.24) is 4.90 Å². The van der Waals surface area contributed by atoms with E-state index in [9.17, 15) is 4.79 Å². The lowest BCUT2D eigenvalue weighted by Crippen LogP contribution is -2.37. The fourth-order valence-electron chi connectivity index (χ4n) is 2.03. The van der Waals surface area contributed by atoms with Gasteiger partial charge in [0.05, 0.1) is 18.5 Å². The van der Waals surface area contributed by atoms with Gasteiger partial charge < -0.3 is 15.4 Å². The van der Waals surface area contributed by atoms with E-state index in [1.165, 1.54) is 0 Å². The lowest BCUT2D eigenvalue weighted by Gasteiger charge is -2.24. The number of carbonyl (C=O) groups excluding carboxylic acids is 1. The summed E-state index contributed by atoms with van der Waals surface area (Å²) in [5, 5.41) is 0. The zero-order chi connectivity index (χ0) is 15.8. The molecule has 116 valence electrons. The highest BCUT2D eigenvalue weighted by atomic mass is 32.1. The van der Waals surface area contributed by atoms with Crippen LogP contribution in [0.25, 0.3) is 0 Å². The molecule has 2 N–H and O–H groups in total. The number of nitrogens with zero attached hydrogens (tertiary/aromatic N) is 1. The zero-order valence-electron chi connectivity index (χ0n) is 13.0. The van der Waals surface area contributed by atoms with E-state index < -0.39 is 0 Å². The Bertz CT molecular complexity index is 472. The first-order chi connectivity index (χ1) is 9.92. The standard InChI is InChI=1S/C16H24N2O2S/c1-12(2)11-18(9-8-15(17)21)16(19)10-13-4-6-14(20-3)7-5-13/h4-7,12H,8-11H2,1-3H3,(H2,17,21). The first kappa shape index (κ1) is 17.4. The zero-order valence-corrected chi connectivity index (χ0v) is 13.8. The Morgan fingerprint density at radius 2 is 1.95 bits per heavy atom. The molecule has 0 bridgehead atoms. The van der Waals surface area contributed by atoms with Gasteiger partial charge in [-0.2, -0.15) is 0 Å². The molecular formula is C16H24N2O2S. The van der Waals surface area contributed by atoms with Gasteiger partial charge in [-0.05, 0) is 23.6 Å². The van der Waals surface area contributed by atoms with Gasteiger partial charge in [0.25, 0.3) is 0 Å². The second-order valence-electron chi connectivity index (χ2n) is 5.47. The minimum absolute atomic E-state index is 0.102. The summed E-state index contributed by atoms with van der Waals surface area (Å²) in [4.78, 5) is 14.7. The summed E-state index contributed by atoms with van der Waals surface area (Å²) in [7, 11) is 1.63. The minimum atomic E-state index is 0.102. The molecule has 0 atom stereocenters. The maximum atomic E-state index is 12.4. The molecule has 1 amide bonds. The minimum Gasteiger partial charge on any atom is -0.497 e. The van der Waals surface area contributed by atoms with Crippen LogP contribution in [0.3, 0.4) is 0 Å². The average molecular weight is 308 g/mol. The molecule has 0 saturated carbocycles. The van der Waals surface area contributed by atoms with E-state index in [1.807, 2.05) is 29.2 Å². The number of ether oxygens (including phenoxy) is 1. The van der Waals surface area contributed by atoms with Crippen molar-refractivity contribution >= 4 is 23.1 Å². The number of benzene rings is 1. The van der Waals surface area contributed by atoms with Crippen molar-refractivity contribution < 1.29 is 9.53 Å². The van der Waals surface area contributed by atoms with Crippen LogP contribution >= 0.6 is 12.2 Å². The fraction of sp³-hybridized carbons (Fsp3) is 0.500. The van der Waals surface area contributed by atoms with Crippen molar-refractivity contribution in [2.24, 2.45) is 11.7 Å². The molecule has 0 fully saturated rings. The van der Waals surface area contributed by atoms with Crippen molar-refractivity contribution in [2.45, 2.75) is 26.7 Å². The molecule has 21 heavy (non-hydrogen) atoms. The van der Waals surface area contributed by atoms with Gasteiger partial charge >= 0.3 is 0 Å². The van der Waals surface area contributed by atoms with E-state index in [1.54, 1.807) is 7.11 Å². The molecule has 0 radical (unpaired) electrons. The predicted octanol–water partition coefficient (Wildman–Crippen LogP) is 2.40. The molecule has 1 rings (SSSR count). The first-order valence-electron chi connectivity index (χ1n) is 7.11. The number of hydrogen-bond acceptors (Lipinski definition) is 3. The van der Waals surface area contributed by atoms with Gasteiger partial charge in [-0.3, -0.25) is 4.79 Å². The number of thiocarbonyl (C=S) groups is 1. The number of nitrogens with two attached hydrogens (primary N) is 1. The van der Waals surface area contributed by atoms with Crippen LogP contribution < -0.4 is 10.5 Å². The summed E-state index contributed by atoms with van der Waals surface area (Å²) in [6, 6.07) is 7.56. The second-order valence-corrected chi connectivity index (χ2v) is 6.00. The normalized spacial score (nSPS) is 10.5. The second kappa shape index (κ2) is 8.62. The molecule has 5 heteroatoms. The monoisotopic (exact) mass is 308 g/mol. The Hall–Kier alpha value is -1.62. The number of methoxy groups -OCH3 is 1. The summed E-state index contributed by atoms with van der Waals surface area (Å²) in [6.07, 6.45) is 0.949. The largest absolute Gasteiger partial charge is 0.497 e. The van der Waals surface area contributed by atoms with Gasteiger partial charge in [0.2, 0.25) is 5.91 Å². The third-order valence-corrected chi connectivity index (χ3v) is 3.28. The topological polar surface area (TPSA) is 55.6 Å². The van der Waals surface area contributed by atoms with E-state index in [2.05, 4.69) is 13.8 Å². The lowest BCUT2D eigenvalue weighted by molar-refractivity contribution is -0.130. The molecule has 1 aromatic rings.